The van der Waals surface area contributed by atoms with Gasteiger partial charge in [0.15, 0.2) is 0 Å². The fraction of sp³-hybridized carbons (Fsp3) is 0.381. The SMILES string of the molecule is O=C(NCCOc1ccccc1)NCCN1CCN(c2ccc(F)cc2)CC1. The van der Waals surface area contributed by atoms with Gasteiger partial charge in [0.25, 0.3) is 0 Å². The van der Waals surface area contributed by atoms with Crippen LogP contribution >= 0.6 is 0 Å². The van der Waals surface area contributed by atoms with E-state index in [1.807, 2.05) is 42.5 Å². The van der Waals surface area contributed by atoms with Crippen molar-refractivity contribution in [3.8, 4) is 5.75 Å². The van der Waals surface area contributed by atoms with Crippen molar-refractivity contribution in [3.63, 3.8) is 0 Å². The van der Waals surface area contributed by atoms with Crippen molar-refractivity contribution in [1.82, 2.24) is 15.5 Å². The molecule has 0 aliphatic carbocycles. The molecule has 0 bridgehead atoms. The molecule has 2 aromatic rings. The van der Waals surface area contributed by atoms with Gasteiger partial charge in [0.05, 0.1) is 6.54 Å². The first-order chi connectivity index (χ1) is 13.7. The number of piperazine rings is 1. The number of para-hydroxylation sites is 1. The molecule has 6 nitrogen and oxygen atoms in total. The van der Waals surface area contributed by atoms with Gasteiger partial charge in [-0.05, 0) is 36.4 Å². The number of hydrogen-bond acceptors (Lipinski definition) is 4. The minimum atomic E-state index is -0.210. The zero-order chi connectivity index (χ0) is 19.6. The van der Waals surface area contributed by atoms with Gasteiger partial charge in [-0.25, -0.2) is 9.18 Å². The van der Waals surface area contributed by atoms with Crippen molar-refractivity contribution >= 4 is 11.7 Å². The summed E-state index contributed by atoms with van der Waals surface area (Å²) in [6.45, 7) is 5.94. The maximum Gasteiger partial charge on any atom is 0.314 e. The number of halogens is 1. The van der Waals surface area contributed by atoms with Crippen LogP contribution in [0.2, 0.25) is 0 Å². The molecule has 3 rings (SSSR count). The summed E-state index contributed by atoms with van der Waals surface area (Å²) < 4.78 is 18.6. The third-order valence-electron chi connectivity index (χ3n) is 4.68. The number of nitrogens with zero attached hydrogens (tertiary/aromatic N) is 2. The Morgan fingerprint density at radius 2 is 1.61 bits per heavy atom. The number of anilines is 1. The van der Waals surface area contributed by atoms with E-state index >= 15 is 0 Å². The summed E-state index contributed by atoms with van der Waals surface area (Å²) in [5.74, 6) is 0.586. The summed E-state index contributed by atoms with van der Waals surface area (Å²) in [7, 11) is 0. The molecular weight excluding hydrogens is 359 g/mol. The molecule has 28 heavy (non-hydrogen) atoms. The van der Waals surface area contributed by atoms with E-state index in [0.717, 1.165) is 44.2 Å². The second-order valence-corrected chi connectivity index (χ2v) is 6.65. The Labute approximate surface area is 165 Å². The van der Waals surface area contributed by atoms with Gasteiger partial charge in [-0.2, -0.15) is 0 Å². The summed E-state index contributed by atoms with van der Waals surface area (Å²) in [5, 5.41) is 5.67. The van der Waals surface area contributed by atoms with Crippen molar-refractivity contribution in [2.45, 2.75) is 0 Å². The predicted molar refractivity (Wildman–Crippen MR) is 108 cm³/mol. The second kappa shape index (κ2) is 10.5. The fourth-order valence-electron chi connectivity index (χ4n) is 3.12. The van der Waals surface area contributed by atoms with E-state index in [9.17, 15) is 9.18 Å². The lowest BCUT2D eigenvalue weighted by atomic mass is 10.2. The number of carbonyl (C=O) groups is 1. The molecule has 1 heterocycles. The second-order valence-electron chi connectivity index (χ2n) is 6.65. The Bertz CT molecular complexity index is 719. The van der Waals surface area contributed by atoms with Crippen LogP contribution in [-0.4, -0.2) is 63.4 Å². The lowest BCUT2D eigenvalue weighted by Crippen LogP contribution is -2.49. The van der Waals surface area contributed by atoms with Gasteiger partial charge in [-0.1, -0.05) is 18.2 Å². The summed E-state index contributed by atoms with van der Waals surface area (Å²) in [5.41, 5.74) is 1.05. The molecule has 2 amide bonds. The van der Waals surface area contributed by atoms with Gasteiger partial charge in [0, 0.05) is 45.0 Å². The number of amides is 2. The van der Waals surface area contributed by atoms with Crippen LogP contribution in [-0.2, 0) is 0 Å². The minimum absolute atomic E-state index is 0.179. The van der Waals surface area contributed by atoms with E-state index in [4.69, 9.17) is 4.74 Å². The van der Waals surface area contributed by atoms with Crippen molar-refractivity contribution in [3.05, 3.63) is 60.4 Å². The molecule has 0 aromatic heterocycles. The molecule has 1 fully saturated rings. The zero-order valence-corrected chi connectivity index (χ0v) is 15.9. The smallest absolute Gasteiger partial charge is 0.314 e. The molecule has 2 aromatic carbocycles. The van der Waals surface area contributed by atoms with Crippen LogP contribution in [0.3, 0.4) is 0 Å². The first kappa shape index (κ1) is 19.9. The average Bonchev–Trinajstić information content (AvgIpc) is 2.73. The predicted octanol–water partition coefficient (Wildman–Crippen LogP) is 2.33. The molecule has 7 heteroatoms. The van der Waals surface area contributed by atoms with E-state index in [1.54, 1.807) is 0 Å². The van der Waals surface area contributed by atoms with Gasteiger partial charge in [-0.3, -0.25) is 4.90 Å². The largest absolute Gasteiger partial charge is 0.492 e. The number of rotatable bonds is 8. The van der Waals surface area contributed by atoms with Crippen molar-refractivity contribution in [2.75, 3.05) is 57.3 Å². The van der Waals surface area contributed by atoms with Crippen LogP contribution in [0.25, 0.3) is 0 Å². The highest BCUT2D eigenvalue weighted by atomic mass is 19.1. The number of carbonyl (C=O) groups excluding carboxylic acids is 1. The van der Waals surface area contributed by atoms with Crippen molar-refractivity contribution in [2.24, 2.45) is 0 Å². The monoisotopic (exact) mass is 386 g/mol. The summed E-state index contributed by atoms with van der Waals surface area (Å²) in [6.07, 6.45) is 0. The standard InChI is InChI=1S/C21H27FN4O2/c22-18-6-8-19(9-7-18)26-15-13-25(14-16-26)12-10-23-21(27)24-11-17-28-20-4-2-1-3-5-20/h1-9H,10-17H2,(H2,23,24,27). The maximum absolute atomic E-state index is 13.0. The first-order valence-electron chi connectivity index (χ1n) is 9.63. The van der Waals surface area contributed by atoms with Crippen LogP contribution in [0.1, 0.15) is 0 Å². The third-order valence-corrected chi connectivity index (χ3v) is 4.68. The molecule has 0 unspecified atom stereocenters. The van der Waals surface area contributed by atoms with E-state index in [0.29, 0.717) is 19.7 Å². The van der Waals surface area contributed by atoms with Crippen LogP contribution in [0.5, 0.6) is 5.75 Å². The minimum Gasteiger partial charge on any atom is -0.492 e. The molecule has 0 radical (unpaired) electrons. The number of benzene rings is 2. The summed E-state index contributed by atoms with van der Waals surface area (Å²) >= 11 is 0. The lowest BCUT2D eigenvalue weighted by molar-refractivity contribution is 0.228. The Morgan fingerprint density at radius 3 is 2.32 bits per heavy atom. The molecule has 0 saturated carbocycles. The molecule has 1 aliphatic heterocycles. The lowest BCUT2D eigenvalue weighted by Gasteiger charge is -2.36. The van der Waals surface area contributed by atoms with Crippen LogP contribution in [0.15, 0.2) is 54.6 Å². The highest BCUT2D eigenvalue weighted by Gasteiger charge is 2.17. The van der Waals surface area contributed by atoms with Gasteiger partial charge >= 0.3 is 6.03 Å². The third kappa shape index (κ3) is 6.42. The van der Waals surface area contributed by atoms with Crippen LogP contribution in [0, 0.1) is 5.82 Å². The van der Waals surface area contributed by atoms with E-state index < -0.39 is 0 Å². The summed E-state index contributed by atoms with van der Waals surface area (Å²) in [6, 6.07) is 16.0. The van der Waals surface area contributed by atoms with Crippen molar-refractivity contribution < 1.29 is 13.9 Å². The number of ether oxygens (including phenoxy) is 1. The number of urea groups is 1. The molecule has 0 atom stereocenters. The summed E-state index contributed by atoms with van der Waals surface area (Å²) in [4.78, 5) is 16.4. The van der Waals surface area contributed by atoms with Gasteiger partial charge < -0.3 is 20.3 Å². The molecule has 2 N–H and O–H groups in total. The average molecular weight is 386 g/mol. The Balaban J connectivity index is 1.24. The van der Waals surface area contributed by atoms with E-state index in [2.05, 4.69) is 20.4 Å². The molecule has 1 aliphatic rings. The van der Waals surface area contributed by atoms with E-state index in [-0.39, 0.29) is 11.8 Å². The van der Waals surface area contributed by atoms with Crippen LogP contribution < -0.4 is 20.3 Å². The molecule has 0 spiro atoms. The molecule has 150 valence electrons. The number of nitrogens with one attached hydrogen (secondary N) is 2. The maximum atomic E-state index is 13.0. The molecule has 1 saturated heterocycles. The van der Waals surface area contributed by atoms with Gasteiger partial charge in [0.2, 0.25) is 0 Å². The van der Waals surface area contributed by atoms with Crippen LogP contribution in [0.4, 0.5) is 14.9 Å². The topological polar surface area (TPSA) is 56.8 Å². The highest BCUT2D eigenvalue weighted by Crippen LogP contribution is 2.16. The Hall–Kier alpha value is -2.80. The van der Waals surface area contributed by atoms with E-state index in [1.165, 1.54) is 12.1 Å². The zero-order valence-electron chi connectivity index (χ0n) is 15.9. The van der Waals surface area contributed by atoms with Gasteiger partial charge in [-0.15, -0.1) is 0 Å². The Kier molecular flexibility index (Phi) is 7.49. The molecular formula is C21H27FN4O2. The first-order valence-corrected chi connectivity index (χ1v) is 9.63. The normalized spacial score (nSPS) is 14.5. The van der Waals surface area contributed by atoms with Crippen molar-refractivity contribution in [1.29, 1.82) is 0 Å². The Morgan fingerprint density at radius 1 is 0.929 bits per heavy atom. The highest BCUT2D eigenvalue weighted by molar-refractivity contribution is 5.73. The van der Waals surface area contributed by atoms with Gasteiger partial charge in [0.1, 0.15) is 18.2 Å². The fourth-order valence-corrected chi connectivity index (χ4v) is 3.12. The quantitative estimate of drug-likeness (QED) is 0.684. The number of hydrogen-bond donors (Lipinski definition) is 2.